The second kappa shape index (κ2) is 7.97. The molecule has 1 saturated heterocycles. The first-order valence-electron chi connectivity index (χ1n) is 9.06. The molecule has 0 bridgehead atoms. The number of hydrogen-bond acceptors (Lipinski definition) is 6. The Kier molecular flexibility index (Phi) is 5.99. The maximum atomic E-state index is 12.6. The van der Waals surface area contributed by atoms with Crippen molar-refractivity contribution in [3.05, 3.63) is 23.8 Å². The third-order valence-electron chi connectivity index (χ3n) is 4.80. The zero-order valence-corrected chi connectivity index (χ0v) is 17.5. The van der Waals surface area contributed by atoms with Crippen molar-refractivity contribution in [1.29, 1.82) is 0 Å². The van der Waals surface area contributed by atoms with E-state index in [1.807, 2.05) is 0 Å². The van der Waals surface area contributed by atoms with Crippen LogP contribution in [-0.4, -0.2) is 65.6 Å². The molecule has 1 atom stereocenters. The number of carbonyl (C=O) groups is 1. The van der Waals surface area contributed by atoms with Crippen molar-refractivity contribution in [2.75, 3.05) is 26.5 Å². The molecule has 1 aromatic rings. The highest BCUT2D eigenvalue weighted by atomic mass is 32.2. The van der Waals surface area contributed by atoms with Gasteiger partial charge in [-0.25, -0.2) is 25.9 Å². The van der Waals surface area contributed by atoms with Crippen molar-refractivity contribution in [3.8, 4) is 5.75 Å². The number of benzene rings is 1. The Labute approximate surface area is 165 Å². The summed E-state index contributed by atoms with van der Waals surface area (Å²) in [6.07, 6.45) is 4.03. The summed E-state index contributed by atoms with van der Waals surface area (Å²) < 4.78 is 57.7. The molecule has 1 amide bonds. The van der Waals surface area contributed by atoms with Gasteiger partial charge < -0.3 is 10.1 Å². The van der Waals surface area contributed by atoms with Crippen molar-refractivity contribution >= 4 is 26.0 Å². The molecular weight excluding hydrogens is 406 g/mol. The standard InChI is InChI=1S/C17H25N3O6S2/c1-26-15-8-5-12(10-16(15)28(24,25)19-13-6-7-13)17(21)18-14-4-3-9-20(11-14)27(2,22)23/h5,8,10,13-14,19H,3-4,6-7,9,11H2,1-2H3,(H,18,21). The summed E-state index contributed by atoms with van der Waals surface area (Å²) in [6, 6.07) is 3.82. The van der Waals surface area contributed by atoms with Crippen LogP contribution >= 0.6 is 0 Å². The lowest BCUT2D eigenvalue weighted by molar-refractivity contribution is 0.0921. The third kappa shape index (κ3) is 5.02. The normalized spacial score (nSPS) is 21.3. The van der Waals surface area contributed by atoms with Gasteiger partial charge in [0.1, 0.15) is 10.6 Å². The van der Waals surface area contributed by atoms with Crippen LogP contribution in [-0.2, 0) is 20.0 Å². The number of amides is 1. The van der Waals surface area contributed by atoms with E-state index < -0.39 is 26.0 Å². The van der Waals surface area contributed by atoms with Gasteiger partial charge in [0.15, 0.2) is 0 Å². The molecule has 0 radical (unpaired) electrons. The van der Waals surface area contributed by atoms with E-state index >= 15 is 0 Å². The number of carbonyl (C=O) groups excluding carboxylic acids is 1. The zero-order valence-electron chi connectivity index (χ0n) is 15.8. The van der Waals surface area contributed by atoms with Crippen LogP contribution in [0.2, 0.25) is 0 Å². The minimum absolute atomic E-state index is 0.0728. The topological polar surface area (TPSA) is 122 Å². The van der Waals surface area contributed by atoms with Gasteiger partial charge in [0.2, 0.25) is 20.0 Å². The summed E-state index contributed by atoms with van der Waals surface area (Å²) in [7, 11) is -5.75. The molecule has 0 spiro atoms. The van der Waals surface area contributed by atoms with Gasteiger partial charge in [-0.1, -0.05) is 0 Å². The van der Waals surface area contributed by atoms with Crippen LogP contribution in [0.25, 0.3) is 0 Å². The molecule has 156 valence electrons. The van der Waals surface area contributed by atoms with Gasteiger partial charge in [0.25, 0.3) is 5.91 Å². The number of nitrogens with one attached hydrogen (secondary N) is 2. The molecule has 28 heavy (non-hydrogen) atoms. The molecule has 9 nitrogen and oxygen atoms in total. The van der Waals surface area contributed by atoms with Gasteiger partial charge in [-0.05, 0) is 43.9 Å². The lowest BCUT2D eigenvalue weighted by Gasteiger charge is -2.31. The second-order valence-corrected chi connectivity index (χ2v) is 10.9. The van der Waals surface area contributed by atoms with Gasteiger partial charge in [0, 0.05) is 30.7 Å². The van der Waals surface area contributed by atoms with Crippen LogP contribution in [0.4, 0.5) is 0 Å². The summed E-state index contributed by atoms with van der Waals surface area (Å²) in [5.41, 5.74) is 0.174. The van der Waals surface area contributed by atoms with Crippen molar-refractivity contribution in [2.45, 2.75) is 42.7 Å². The first kappa shape index (κ1) is 21.0. The van der Waals surface area contributed by atoms with Gasteiger partial charge in [0.05, 0.1) is 13.4 Å². The number of nitrogens with zero attached hydrogens (tertiary/aromatic N) is 1. The van der Waals surface area contributed by atoms with Crippen molar-refractivity contribution < 1.29 is 26.4 Å². The number of sulfonamides is 2. The number of rotatable bonds is 7. The number of methoxy groups -OCH3 is 1. The second-order valence-electron chi connectivity index (χ2n) is 7.19. The van der Waals surface area contributed by atoms with Crippen molar-refractivity contribution in [1.82, 2.24) is 14.3 Å². The minimum atomic E-state index is -3.80. The van der Waals surface area contributed by atoms with Crippen molar-refractivity contribution in [2.24, 2.45) is 0 Å². The van der Waals surface area contributed by atoms with E-state index in [0.29, 0.717) is 19.4 Å². The first-order chi connectivity index (χ1) is 13.1. The number of ether oxygens (including phenoxy) is 1. The molecule has 0 aromatic heterocycles. The Balaban J connectivity index is 1.77. The zero-order chi connectivity index (χ0) is 20.5. The lowest BCUT2D eigenvalue weighted by atomic mass is 10.1. The molecule has 1 heterocycles. The Hall–Kier alpha value is -1.69. The van der Waals surface area contributed by atoms with Gasteiger partial charge in [-0.2, -0.15) is 0 Å². The van der Waals surface area contributed by atoms with E-state index in [-0.39, 0.29) is 34.8 Å². The Morgan fingerprint density at radius 2 is 1.86 bits per heavy atom. The highest BCUT2D eigenvalue weighted by molar-refractivity contribution is 7.89. The molecule has 1 saturated carbocycles. The van der Waals surface area contributed by atoms with E-state index in [1.165, 1.54) is 29.6 Å². The van der Waals surface area contributed by atoms with Gasteiger partial charge in [-0.3, -0.25) is 4.79 Å². The molecule has 2 fully saturated rings. The lowest BCUT2D eigenvalue weighted by Crippen LogP contribution is -2.49. The van der Waals surface area contributed by atoms with Crippen LogP contribution in [0.1, 0.15) is 36.0 Å². The summed E-state index contributed by atoms with van der Waals surface area (Å²) in [6.45, 7) is 0.637. The monoisotopic (exact) mass is 431 g/mol. The molecule has 1 aliphatic heterocycles. The summed E-state index contributed by atoms with van der Waals surface area (Å²) >= 11 is 0. The average molecular weight is 432 g/mol. The fourth-order valence-electron chi connectivity index (χ4n) is 3.14. The van der Waals surface area contributed by atoms with Crippen molar-refractivity contribution in [3.63, 3.8) is 0 Å². The predicted molar refractivity (Wildman–Crippen MR) is 103 cm³/mol. The van der Waals surface area contributed by atoms with Crippen LogP contribution in [0.5, 0.6) is 5.75 Å². The molecule has 2 N–H and O–H groups in total. The largest absolute Gasteiger partial charge is 0.495 e. The summed E-state index contributed by atoms with van der Waals surface area (Å²) in [5.74, 6) is -0.295. The minimum Gasteiger partial charge on any atom is -0.495 e. The molecular formula is C17H25N3O6S2. The van der Waals surface area contributed by atoms with E-state index in [1.54, 1.807) is 0 Å². The summed E-state index contributed by atoms with van der Waals surface area (Å²) in [5, 5.41) is 2.81. The molecule has 3 rings (SSSR count). The van der Waals surface area contributed by atoms with E-state index in [4.69, 9.17) is 4.74 Å². The maximum absolute atomic E-state index is 12.6. The smallest absolute Gasteiger partial charge is 0.251 e. The van der Waals surface area contributed by atoms with Crippen LogP contribution < -0.4 is 14.8 Å². The Morgan fingerprint density at radius 3 is 2.46 bits per heavy atom. The number of piperidine rings is 1. The van der Waals surface area contributed by atoms with Crippen LogP contribution in [0.15, 0.2) is 23.1 Å². The third-order valence-corrected chi connectivity index (χ3v) is 7.61. The Morgan fingerprint density at radius 1 is 1.14 bits per heavy atom. The van der Waals surface area contributed by atoms with Crippen LogP contribution in [0, 0.1) is 0 Å². The number of hydrogen-bond donors (Lipinski definition) is 2. The van der Waals surface area contributed by atoms with E-state index in [0.717, 1.165) is 19.1 Å². The Bertz CT molecular complexity index is 957. The van der Waals surface area contributed by atoms with Gasteiger partial charge in [-0.15, -0.1) is 0 Å². The molecule has 1 unspecified atom stereocenters. The SMILES string of the molecule is COc1ccc(C(=O)NC2CCCN(S(C)(=O)=O)C2)cc1S(=O)(=O)NC1CC1. The fraction of sp³-hybridized carbons (Fsp3) is 0.588. The molecule has 1 aliphatic carbocycles. The maximum Gasteiger partial charge on any atom is 0.251 e. The average Bonchev–Trinajstić information content (AvgIpc) is 3.44. The first-order valence-corrected chi connectivity index (χ1v) is 12.4. The van der Waals surface area contributed by atoms with E-state index in [9.17, 15) is 21.6 Å². The molecule has 1 aromatic carbocycles. The molecule has 2 aliphatic rings. The highest BCUT2D eigenvalue weighted by Gasteiger charge is 2.31. The quantitative estimate of drug-likeness (QED) is 0.640. The fourth-order valence-corrected chi connectivity index (χ4v) is 5.55. The summed E-state index contributed by atoms with van der Waals surface area (Å²) in [4.78, 5) is 12.6. The van der Waals surface area contributed by atoms with Gasteiger partial charge >= 0.3 is 0 Å². The van der Waals surface area contributed by atoms with E-state index in [2.05, 4.69) is 10.0 Å². The van der Waals surface area contributed by atoms with Crippen LogP contribution in [0.3, 0.4) is 0 Å². The predicted octanol–water partition coefficient (Wildman–Crippen LogP) is 0.290. The molecule has 11 heteroatoms. The highest BCUT2D eigenvalue weighted by Crippen LogP contribution is 2.28.